The van der Waals surface area contributed by atoms with Gasteiger partial charge in [-0.1, -0.05) is 24.8 Å². The minimum Gasteiger partial charge on any atom is -0.355 e. The number of hydrogen-bond donors (Lipinski definition) is 1. The van der Waals surface area contributed by atoms with E-state index in [9.17, 15) is 4.79 Å². The Hall–Kier alpha value is -1.61. The van der Waals surface area contributed by atoms with Crippen molar-refractivity contribution in [3.05, 3.63) is 47.4 Å². The lowest BCUT2D eigenvalue weighted by Crippen LogP contribution is -2.20. The van der Waals surface area contributed by atoms with Crippen LogP contribution in [-0.2, 0) is 11.2 Å². The molecule has 1 aromatic carbocycles. The first-order chi connectivity index (χ1) is 7.70. The van der Waals surface area contributed by atoms with Crippen molar-refractivity contribution in [2.75, 3.05) is 7.05 Å². The van der Waals surface area contributed by atoms with Crippen molar-refractivity contribution in [2.24, 2.45) is 0 Å². The summed E-state index contributed by atoms with van der Waals surface area (Å²) in [6, 6.07) is 10.3. The average molecular weight is 231 g/mol. The Morgan fingerprint density at radius 2 is 2.19 bits per heavy atom. The van der Waals surface area contributed by atoms with Gasteiger partial charge in [-0.05, 0) is 17.5 Å². The van der Waals surface area contributed by atoms with Crippen LogP contribution in [0.5, 0.6) is 0 Å². The summed E-state index contributed by atoms with van der Waals surface area (Å²) in [7, 11) is 1.62. The largest absolute Gasteiger partial charge is 0.355 e. The molecule has 0 radical (unpaired) electrons. The summed E-state index contributed by atoms with van der Waals surface area (Å²) < 4.78 is 1.25. The molecule has 1 heterocycles. The molecule has 0 aliphatic heterocycles. The Labute approximate surface area is 98.6 Å². The molecular weight excluding hydrogens is 218 g/mol. The van der Waals surface area contributed by atoms with E-state index in [1.54, 1.807) is 18.4 Å². The van der Waals surface area contributed by atoms with E-state index >= 15 is 0 Å². The van der Waals surface area contributed by atoms with Crippen molar-refractivity contribution < 1.29 is 4.79 Å². The van der Waals surface area contributed by atoms with Crippen LogP contribution in [0.25, 0.3) is 10.1 Å². The van der Waals surface area contributed by atoms with E-state index in [1.165, 1.54) is 15.0 Å². The monoisotopic (exact) mass is 231 g/mol. The van der Waals surface area contributed by atoms with Crippen LogP contribution < -0.4 is 5.32 Å². The molecule has 0 aliphatic rings. The number of carbonyl (C=O) groups excluding carboxylic acids is 1. The molecular formula is C13H13NOS. The van der Waals surface area contributed by atoms with E-state index in [1.807, 2.05) is 12.1 Å². The maximum Gasteiger partial charge on any atom is 0.246 e. The zero-order valence-electron chi connectivity index (χ0n) is 9.12. The summed E-state index contributed by atoms with van der Waals surface area (Å²) in [5.41, 5.74) is 0.606. The second-order valence-corrected chi connectivity index (χ2v) is 4.78. The number of benzene rings is 1. The highest BCUT2D eigenvalue weighted by molar-refractivity contribution is 7.19. The fraction of sp³-hybridized carbons (Fsp3) is 0.154. The molecule has 0 atom stereocenters. The van der Waals surface area contributed by atoms with E-state index < -0.39 is 0 Å². The lowest BCUT2D eigenvalue weighted by atomic mass is 10.1. The molecule has 3 heteroatoms. The minimum atomic E-state index is -0.0857. The Kier molecular flexibility index (Phi) is 3.06. The zero-order chi connectivity index (χ0) is 11.5. The van der Waals surface area contributed by atoms with Crippen molar-refractivity contribution >= 4 is 27.3 Å². The first kappa shape index (κ1) is 10.9. The lowest BCUT2D eigenvalue weighted by molar-refractivity contribution is -0.117. The number of fused-ring (bicyclic) bond motifs is 1. The third kappa shape index (κ3) is 2.14. The maximum absolute atomic E-state index is 11.3. The van der Waals surface area contributed by atoms with Gasteiger partial charge in [0.25, 0.3) is 0 Å². The van der Waals surface area contributed by atoms with Gasteiger partial charge in [0.15, 0.2) is 0 Å². The molecule has 82 valence electrons. The molecule has 16 heavy (non-hydrogen) atoms. The summed E-state index contributed by atoms with van der Waals surface area (Å²) >= 11 is 1.71. The fourth-order valence-electron chi connectivity index (χ4n) is 1.59. The van der Waals surface area contributed by atoms with Crippen LogP contribution >= 0.6 is 11.3 Å². The standard InChI is InChI=1S/C13H13NOS/c1-9(13(15)14-2)7-11-8-10-5-3-4-6-12(10)16-11/h3-6,8H,1,7H2,2H3,(H,14,15). The van der Waals surface area contributed by atoms with E-state index in [0.717, 1.165) is 0 Å². The van der Waals surface area contributed by atoms with Gasteiger partial charge in [-0.25, -0.2) is 0 Å². The molecule has 1 amide bonds. The van der Waals surface area contributed by atoms with Gasteiger partial charge in [0.2, 0.25) is 5.91 Å². The second-order valence-electron chi connectivity index (χ2n) is 3.61. The van der Waals surface area contributed by atoms with Crippen LogP contribution in [0.4, 0.5) is 0 Å². The number of nitrogens with one attached hydrogen (secondary N) is 1. The molecule has 2 rings (SSSR count). The third-order valence-electron chi connectivity index (χ3n) is 2.41. The smallest absolute Gasteiger partial charge is 0.246 e. The Balaban J connectivity index is 2.22. The number of rotatable bonds is 3. The van der Waals surface area contributed by atoms with E-state index in [4.69, 9.17) is 0 Å². The summed E-state index contributed by atoms with van der Waals surface area (Å²) in [4.78, 5) is 12.5. The van der Waals surface area contributed by atoms with E-state index in [0.29, 0.717) is 12.0 Å². The highest BCUT2D eigenvalue weighted by Crippen LogP contribution is 2.26. The predicted octanol–water partition coefficient (Wildman–Crippen LogP) is 2.75. The van der Waals surface area contributed by atoms with Gasteiger partial charge in [0, 0.05) is 28.6 Å². The third-order valence-corrected chi connectivity index (χ3v) is 3.53. The van der Waals surface area contributed by atoms with Crippen LogP contribution in [0.2, 0.25) is 0 Å². The first-order valence-corrected chi connectivity index (χ1v) is 5.89. The molecule has 1 N–H and O–H groups in total. The molecule has 2 aromatic rings. The summed E-state index contributed by atoms with van der Waals surface area (Å²) in [5.74, 6) is -0.0857. The van der Waals surface area contributed by atoms with Crippen LogP contribution in [0.1, 0.15) is 4.88 Å². The predicted molar refractivity (Wildman–Crippen MR) is 68.7 cm³/mol. The second kappa shape index (κ2) is 4.49. The zero-order valence-corrected chi connectivity index (χ0v) is 9.93. The van der Waals surface area contributed by atoms with Gasteiger partial charge in [-0.15, -0.1) is 11.3 Å². The van der Waals surface area contributed by atoms with E-state index in [-0.39, 0.29) is 5.91 Å². The Bertz CT molecular complexity index is 509. The molecule has 0 fully saturated rings. The average Bonchev–Trinajstić information content (AvgIpc) is 2.69. The van der Waals surface area contributed by atoms with Gasteiger partial charge in [0.05, 0.1) is 0 Å². The Morgan fingerprint density at radius 1 is 1.44 bits per heavy atom. The fourth-order valence-corrected chi connectivity index (χ4v) is 2.70. The van der Waals surface area contributed by atoms with Gasteiger partial charge in [0.1, 0.15) is 0 Å². The highest BCUT2D eigenvalue weighted by atomic mass is 32.1. The topological polar surface area (TPSA) is 29.1 Å². The number of amides is 1. The quantitative estimate of drug-likeness (QED) is 0.809. The van der Waals surface area contributed by atoms with Gasteiger partial charge in [-0.3, -0.25) is 4.79 Å². The molecule has 0 saturated carbocycles. The SMILES string of the molecule is C=C(Cc1cc2ccccc2s1)C(=O)NC. The van der Waals surface area contributed by atoms with Crippen LogP contribution in [-0.4, -0.2) is 13.0 Å². The summed E-state index contributed by atoms with van der Waals surface area (Å²) in [6.45, 7) is 3.79. The summed E-state index contributed by atoms with van der Waals surface area (Å²) in [5, 5.41) is 3.81. The van der Waals surface area contributed by atoms with Gasteiger partial charge >= 0.3 is 0 Å². The molecule has 0 spiro atoms. The molecule has 0 saturated heterocycles. The molecule has 0 unspecified atom stereocenters. The van der Waals surface area contributed by atoms with Crippen LogP contribution in [0.15, 0.2) is 42.5 Å². The van der Waals surface area contributed by atoms with E-state index in [2.05, 4.69) is 30.1 Å². The number of hydrogen-bond acceptors (Lipinski definition) is 2. The van der Waals surface area contributed by atoms with Crippen molar-refractivity contribution in [3.8, 4) is 0 Å². The number of likely N-dealkylation sites (N-methyl/N-ethyl adjacent to an activating group) is 1. The minimum absolute atomic E-state index is 0.0857. The normalized spacial score (nSPS) is 10.3. The van der Waals surface area contributed by atoms with Crippen LogP contribution in [0.3, 0.4) is 0 Å². The van der Waals surface area contributed by atoms with Crippen molar-refractivity contribution in [1.82, 2.24) is 5.32 Å². The summed E-state index contributed by atoms with van der Waals surface area (Å²) in [6.07, 6.45) is 0.624. The van der Waals surface area contributed by atoms with Crippen molar-refractivity contribution in [2.45, 2.75) is 6.42 Å². The van der Waals surface area contributed by atoms with Crippen LogP contribution in [0, 0.1) is 0 Å². The Morgan fingerprint density at radius 3 is 2.88 bits per heavy atom. The molecule has 0 bridgehead atoms. The van der Waals surface area contributed by atoms with Crippen molar-refractivity contribution in [1.29, 1.82) is 0 Å². The number of thiophene rings is 1. The molecule has 2 nitrogen and oxygen atoms in total. The molecule has 1 aromatic heterocycles. The molecule has 0 aliphatic carbocycles. The van der Waals surface area contributed by atoms with Crippen molar-refractivity contribution in [3.63, 3.8) is 0 Å². The first-order valence-electron chi connectivity index (χ1n) is 5.08. The lowest BCUT2D eigenvalue weighted by Gasteiger charge is -2.00. The van der Waals surface area contributed by atoms with Gasteiger partial charge < -0.3 is 5.32 Å². The highest BCUT2D eigenvalue weighted by Gasteiger charge is 2.07. The maximum atomic E-state index is 11.3. The van der Waals surface area contributed by atoms with Gasteiger partial charge in [-0.2, -0.15) is 0 Å². The number of carbonyl (C=O) groups is 1.